The number of aromatic amines is 1. The minimum atomic E-state index is -0.488. The van der Waals surface area contributed by atoms with Gasteiger partial charge in [-0.3, -0.25) is 19.5 Å². The minimum Gasteiger partial charge on any atom is -0.453 e. The molecule has 0 spiro atoms. The zero-order valence-corrected chi connectivity index (χ0v) is 33.9. The number of likely N-dealkylation sites (N-methyl/N-ethyl adjacent to an activating group) is 1. The molecule has 8 rings (SSSR count). The summed E-state index contributed by atoms with van der Waals surface area (Å²) in [4.78, 5) is 59.4. The second-order valence-electron chi connectivity index (χ2n) is 16.0. The van der Waals surface area contributed by atoms with Gasteiger partial charge in [-0.1, -0.05) is 99.1 Å². The number of H-pyrrole nitrogens is 1. The molecule has 3 aliphatic heterocycles. The Balaban J connectivity index is 0.887. The van der Waals surface area contributed by atoms with Gasteiger partial charge in [-0.05, 0) is 79.4 Å². The van der Waals surface area contributed by atoms with Crippen LogP contribution in [0.5, 0.6) is 0 Å². The Morgan fingerprint density at radius 3 is 2.21 bits per heavy atom. The van der Waals surface area contributed by atoms with Crippen molar-refractivity contribution in [3.05, 3.63) is 102 Å². The van der Waals surface area contributed by atoms with Gasteiger partial charge in [0.05, 0.1) is 49.6 Å². The van der Waals surface area contributed by atoms with Gasteiger partial charge in [0.2, 0.25) is 11.8 Å². The van der Waals surface area contributed by atoms with Gasteiger partial charge in [-0.15, -0.1) is 0 Å². The fourth-order valence-corrected chi connectivity index (χ4v) is 9.62. The zero-order valence-electron chi connectivity index (χ0n) is 33.9. The molecule has 3 aromatic carbocycles. The van der Waals surface area contributed by atoms with E-state index < -0.39 is 6.09 Å². The van der Waals surface area contributed by atoms with Crippen LogP contribution in [0.25, 0.3) is 22.4 Å². The summed E-state index contributed by atoms with van der Waals surface area (Å²) in [5.74, 6) is 1.72. The molecule has 0 radical (unpaired) electrons. The van der Waals surface area contributed by atoms with E-state index in [-0.39, 0.29) is 47.9 Å². The first kappa shape index (κ1) is 39.3. The number of likely N-dealkylation sites (tertiary alicyclic amines) is 2. The third-order valence-corrected chi connectivity index (χ3v) is 12.8. The number of amidine groups is 1. The monoisotopic (exact) mass is 784 g/mol. The Morgan fingerprint density at radius 1 is 0.828 bits per heavy atom. The molecule has 4 heterocycles. The van der Waals surface area contributed by atoms with E-state index >= 15 is 0 Å². The number of carbonyl (C=O) groups is 3. The Bertz CT molecular complexity index is 2080. The van der Waals surface area contributed by atoms with Crippen LogP contribution in [-0.2, 0) is 14.3 Å². The van der Waals surface area contributed by atoms with Crippen molar-refractivity contribution >= 4 is 23.7 Å². The number of nitrogens with zero attached hydrogens (tertiary/aromatic N) is 5. The maximum atomic E-state index is 14.2. The summed E-state index contributed by atoms with van der Waals surface area (Å²) >= 11 is 0. The van der Waals surface area contributed by atoms with E-state index in [1.54, 1.807) is 0 Å². The molecule has 1 aromatic heterocycles. The van der Waals surface area contributed by atoms with Crippen molar-refractivity contribution < 1.29 is 19.1 Å². The second kappa shape index (κ2) is 17.6. The number of benzene rings is 3. The van der Waals surface area contributed by atoms with Crippen LogP contribution in [0.2, 0.25) is 0 Å². The second-order valence-corrected chi connectivity index (χ2v) is 16.0. The largest absolute Gasteiger partial charge is 0.453 e. The molecule has 12 nitrogen and oxygen atoms in total. The quantitative estimate of drug-likeness (QED) is 0.140. The van der Waals surface area contributed by atoms with Gasteiger partial charge < -0.3 is 30.2 Å². The van der Waals surface area contributed by atoms with Crippen molar-refractivity contribution in [1.29, 1.82) is 0 Å². The Morgan fingerprint density at radius 2 is 1.50 bits per heavy atom. The summed E-state index contributed by atoms with van der Waals surface area (Å²) < 4.78 is 4.80. The highest BCUT2D eigenvalue weighted by atomic mass is 16.5. The number of aromatic nitrogens is 2. The van der Waals surface area contributed by atoms with Crippen LogP contribution in [0.4, 0.5) is 4.79 Å². The molecule has 3 amide bonds. The number of amides is 3. The standard InChI is InChI=1S/C46H56N8O4/c1-4-52(5-2)41(34-12-7-6-8-13-34)45(56)54-27-11-17-40(54)43-48-29-38(50-43)33-24-20-31(21-25-33)30-18-22-32(23-19-30)37-28-47-42(49-37)39-16-10-26-53(39)44(55)35-14-9-15-36(35)51-46(57)58-3/h6-8,12-13,18-25,28,35-36,38-41H,4-5,9-11,14-17,26-27,29H2,1-3H3,(H,47,49)(H,48,50)(H,51,57)/t35-,36-,38?,39+,40+,41-/m1/s1. The summed E-state index contributed by atoms with van der Waals surface area (Å²) in [6.45, 7) is 7.93. The summed E-state index contributed by atoms with van der Waals surface area (Å²) in [7, 11) is 1.35. The fourth-order valence-electron chi connectivity index (χ4n) is 9.62. The van der Waals surface area contributed by atoms with Crippen molar-refractivity contribution in [2.45, 2.75) is 89.0 Å². The number of imidazole rings is 1. The van der Waals surface area contributed by atoms with Crippen LogP contribution in [0, 0.1) is 5.92 Å². The predicted molar refractivity (Wildman–Crippen MR) is 225 cm³/mol. The Labute approximate surface area is 341 Å². The van der Waals surface area contributed by atoms with Gasteiger partial charge in [0, 0.05) is 19.1 Å². The molecule has 6 atom stereocenters. The molecular formula is C46H56N8O4. The zero-order chi connectivity index (χ0) is 40.2. The molecule has 58 heavy (non-hydrogen) atoms. The lowest BCUT2D eigenvalue weighted by Gasteiger charge is -2.35. The van der Waals surface area contributed by atoms with Crippen LogP contribution >= 0.6 is 0 Å². The molecule has 1 aliphatic carbocycles. The molecule has 0 bridgehead atoms. The molecule has 2 saturated heterocycles. The number of aliphatic imine (C=N–C) groups is 1. The van der Waals surface area contributed by atoms with Crippen LogP contribution in [0.3, 0.4) is 0 Å². The molecular weight excluding hydrogens is 729 g/mol. The maximum absolute atomic E-state index is 14.2. The summed E-state index contributed by atoms with van der Waals surface area (Å²) in [6, 6.07) is 26.7. The average molecular weight is 785 g/mol. The first-order valence-electron chi connectivity index (χ1n) is 21.2. The lowest BCUT2D eigenvalue weighted by atomic mass is 9.99. The number of methoxy groups -OCH3 is 1. The van der Waals surface area contributed by atoms with E-state index in [2.05, 4.69) is 99.9 Å². The highest BCUT2D eigenvalue weighted by Gasteiger charge is 2.42. The van der Waals surface area contributed by atoms with Crippen LogP contribution < -0.4 is 10.6 Å². The molecule has 4 aliphatic rings. The molecule has 304 valence electrons. The Hall–Kier alpha value is -5.49. The van der Waals surface area contributed by atoms with Gasteiger partial charge in [-0.25, -0.2) is 9.78 Å². The van der Waals surface area contributed by atoms with E-state index in [9.17, 15) is 14.4 Å². The topological polar surface area (TPSA) is 135 Å². The van der Waals surface area contributed by atoms with Crippen LogP contribution in [0.1, 0.15) is 93.9 Å². The van der Waals surface area contributed by atoms with E-state index in [1.807, 2.05) is 29.3 Å². The van der Waals surface area contributed by atoms with Crippen molar-refractivity contribution in [2.24, 2.45) is 10.9 Å². The van der Waals surface area contributed by atoms with Gasteiger partial charge in [0.25, 0.3) is 0 Å². The first-order valence-corrected chi connectivity index (χ1v) is 21.2. The fraction of sp³-hybridized carbons (Fsp3) is 0.457. The lowest BCUT2D eigenvalue weighted by Crippen LogP contribution is -2.49. The number of alkyl carbamates (subject to hydrolysis) is 1. The highest BCUT2D eigenvalue weighted by Crippen LogP contribution is 2.37. The molecule has 1 unspecified atom stereocenters. The van der Waals surface area contributed by atoms with Crippen molar-refractivity contribution in [1.82, 2.24) is 35.3 Å². The third-order valence-electron chi connectivity index (χ3n) is 12.8. The van der Waals surface area contributed by atoms with Gasteiger partial charge in [0.1, 0.15) is 17.7 Å². The highest BCUT2D eigenvalue weighted by molar-refractivity contribution is 5.95. The number of ether oxygens (including phenoxy) is 1. The molecule has 3 N–H and O–H groups in total. The number of hydrogen-bond donors (Lipinski definition) is 3. The van der Waals surface area contributed by atoms with Crippen molar-refractivity contribution in [2.75, 3.05) is 39.8 Å². The molecule has 1 saturated carbocycles. The number of nitrogens with one attached hydrogen (secondary N) is 3. The third kappa shape index (κ3) is 7.99. The van der Waals surface area contributed by atoms with Gasteiger partial charge in [-0.2, -0.15) is 0 Å². The summed E-state index contributed by atoms with van der Waals surface area (Å²) in [5.41, 5.74) is 6.40. The van der Waals surface area contributed by atoms with Gasteiger partial charge >= 0.3 is 6.09 Å². The van der Waals surface area contributed by atoms with E-state index in [4.69, 9.17) is 14.7 Å². The Kier molecular flexibility index (Phi) is 11.9. The number of carbonyl (C=O) groups excluding carboxylic acids is 3. The van der Waals surface area contributed by atoms with Crippen molar-refractivity contribution in [3.8, 4) is 22.4 Å². The summed E-state index contributed by atoms with van der Waals surface area (Å²) in [5, 5.41) is 6.57. The maximum Gasteiger partial charge on any atom is 0.407 e. The van der Waals surface area contributed by atoms with Crippen molar-refractivity contribution in [3.63, 3.8) is 0 Å². The van der Waals surface area contributed by atoms with Gasteiger partial charge in [0.15, 0.2) is 0 Å². The summed E-state index contributed by atoms with van der Waals surface area (Å²) in [6.07, 6.45) is 7.46. The smallest absolute Gasteiger partial charge is 0.407 e. The molecule has 4 aromatic rings. The van der Waals surface area contributed by atoms with E-state index in [0.717, 1.165) is 104 Å². The van der Waals surface area contributed by atoms with Crippen LogP contribution in [0.15, 0.2) is 90.1 Å². The SMILES string of the molecule is CCN(CC)[C@@H](C(=O)N1CCC[C@H]1C1=NCC(c2ccc(-c3ccc(-c4cnc([C@@H]5CCCN5C(=O)[C@@H]5CCC[C@H]5NC(=O)OC)[nH]4)cc3)cc2)N1)c1ccccc1. The minimum absolute atomic E-state index is 0.0378. The number of rotatable bonds is 12. The molecule has 12 heteroatoms. The van der Waals surface area contributed by atoms with E-state index in [1.165, 1.54) is 12.7 Å². The van der Waals surface area contributed by atoms with Crippen LogP contribution in [-0.4, -0.2) is 100 Å². The first-order chi connectivity index (χ1) is 28.4. The molecule has 3 fully saturated rings. The van der Waals surface area contributed by atoms with E-state index in [0.29, 0.717) is 13.1 Å². The lowest BCUT2D eigenvalue weighted by molar-refractivity contribution is -0.137. The average Bonchev–Trinajstić information content (AvgIpc) is 4.12. The normalized spacial score (nSPS) is 23.5. The number of hydrogen-bond acceptors (Lipinski definition) is 8. The predicted octanol–water partition coefficient (Wildman–Crippen LogP) is 7.05.